The predicted octanol–water partition coefficient (Wildman–Crippen LogP) is 2.35. The smallest absolute Gasteiger partial charge is 0.327 e. The van der Waals surface area contributed by atoms with E-state index < -0.39 is 16.4 Å². The number of benzene rings is 1. The van der Waals surface area contributed by atoms with Gasteiger partial charge in [-0.25, -0.2) is 0 Å². The van der Waals surface area contributed by atoms with E-state index in [9.17, 15) is 14.5 Å². The number of hydrogen-bond acceptors (Lipinski definition) is 4. The fourth-order valence-corrected chi connectivity index (χ4v) is 2.24. The molecule has 0 aliphatic carbocycles. The van der Waals surface area contributed by atoms with E-state index in [2.05, 4.69) is 0 Å². The molecule has 1 aliphatic heterocycles. The van der Waals surface area contributed by atoms with Crippen LogP contribution in [-0.2, 0) is 4.74 Å². The van der Waals surface area contributed by atoms with Crippen LogP contribution in [0, 0.1) is 15.9 Å². The zero-order chi connectivity index (χ0) is 13.1. The first kappa shape index (κ1) is 12.8. The maximum absolute atomic E-state index is 13.5. The van der Waals surface area contributed by atoms with E-state index in [4.69, 9.17) is 4.74 Å². The van der Waals surface area contributed by atoms with Crippen LogP contribution < -0.4 is 4.90 Å². The van der Waals surface area contributed by atoms with Gasteiger partial charge < -0.3 is 9.64 Å². The van der Waals surface area contributed by atoms with Crippen molar-refractivity contribution in [3.8, 4) is 0 Å². The van der Waals surface area contributed by atoms with Gasteiger partial charge in [-0.3, -0.25) is 10.1 Å². The molecule has 0 unspecified atom stereocenters. The van der Waals surface area contributed by atoms with Gasteiger partial charge in [0.25, 0.3) is 0 Å². The van der Waals surface area contributed by atoms with E-state index in [1.54, 1.807) is 18.0 Å². The molecule has 0 spiro atoms. The largest absolute Gasteiger partial charge is 0.381 e. The van der Waals surface area contributed by atoms with Gasteiger partial charge >= 0.3 is 5.69 Å². The van der Waals surface area contributed by atoms with Gasteiger partial charge in [-0.05, 0) is 25.0 Å². The van der Waals surface area contributed by atoms with Crippen molar-refractivity contribution in [1.82, 2.24) is 0 Å². The lowest BCUT2D eigenvalue weighted by atomic mass is 10.1. The summed E-state index contributed by atoms with van der Waals surface area (Å²) in [5.41, 5.74) is -0.126. The van der Waals surface area contributed by atoms with Crippen LogP contribution in [0.5, 0.6) is 0 Å². The Kier molecular flexibility index (Phi) is 3.76. The lowest BCUT2D eigenvalue weighted by molar-refractivity contribution is -0.386. The summed E-state index contributed by atoms with van der Waals surface area (Å²) in [5.74, 6) is -0.795. The molecule has 2 rings (SSSR count). The normalized spacial score (nSPS) is 16.6. The Morgan fingerprint density at radius 3 is 2.72 bits per heavy atom. The summed E-state index contributed by atoms with van der Waals surface area (Å²) in [6, 6.07) is 4.34. The Balaban J connectivity index is 2.31. The lowest BCUT2D eigenvalue weighted by Crippen LogP contribution is -2.37. The second-order valence-electron chi connectivity index (χ2n) is 4.32. The molecule has 0 N–H and O–H groups in total. The third kappa shape index (κ3) is 2.43. The Morgan fingerprint density at radius 1 is 1.44 bits per heavy atom. The molecular weight excluding hydrogens is 239 g/mol. The summed E-state index contributed by atoms with van der Waals surface area (Å²) >= 11 is 0. The Bertz CT molecular complexity index is 447. The molecule has 5 nitrogen and oxygen atoms in total. The number of halogens is 1. The summed E-state index contributed by atoms with van der Waals surface area (Å²) in [7, 11) is 1.76. The molecule has 0 amide bonds. The zero-order valence-corrected chi connectivity index (χ0v) is 10.1. The van der Waals surface area contributed by atoms with E-state index in [1.807, 2.05) is 0 Å². The number of hydrogen-bond donors (Lipinski definition) is 0. The first-order valence-corrected chi connectivity index (χ1v) is 5.84. The van der Waals surface area contributed by atoms with Crippen molar-refractivity contribution in [2.75, 3.05) is 25.2 Å². The molecular formula is C12H15FN2O3. The molecule has 18 heavy (non-hydrogen) atoms. The number of rotatable bonds is 3. The van der Waals surface area contributed by atoms with Crippen molar-refractivity contribution in [3.05, 3.63) is 34.1 Å². The van der Waals surface area contributed by atoms with Crippen LogP contribution in [0.4, 0.5) is 15.8 Å². The molecule has 0 radical (unpaired) electrons. The quantitative estimate of drug-likeness (QED) is 0.613. The van der Waals surface area contributed by atoms with Crippen molar-refractivity contribution in [3.63, 3.8) is 0 Å². The molecule has 0 saturated carbocycles. The highest BCUT2D eigenvalue weighted by Crippen LogP contribution is 2.32. The van der Waals surface area contributed by atoms with Crippen LogP contribution in [0.2, 0.25) is 0 Å². The van der Waals surface area contributed by atoms with Gasteiger partial charge in [-0.2, -0.15) is 4.39 Å². The maximum Gasteiger partial charge on any atom is 0.327 e. The summed E-state index contributed by atoms with van der Waals surface area (Å²) < 4.78 is 18.8. The van der Waals surface area contributed by atoms with Crippen LogP contribution in [-0.4, -0.2) is 31.2 Å². The van der Waals surface area contributed by atoms with Crippen LogP contribution in [0.1, 0.15) is 12.8 Å². The van der Waals surface area contributed by atoms with Crippen molar-refractivity contribution < 1.29 is 14.1 Å². The first-order valence-electron chi connectivity index (χ1n) is 5.84. The molecule has 1 aliphatic rings. The lowest BCUT2D eigenvalue weighted by Gasteiger charge is -2.32. The van der Waals surface area contributed by atoms with E-state index in [1.165, 1.54) is 6.07 Å². The first-order chi connectivity index (χ1) is 8.61. The number of nitro groups is 1. The molecule has 0 atom stereocenters. The van der Waals surface area contributed by atoms with Crippen molar-refractivity contribution in [2.45, 2.75) is 18.9 Å². The number of nitrogens with zero attached hydrogens (tertiary/aromatic N) is 2. The molecule has 1 saturated heterocycles. The fraction of sp³-hybridized carbons (Fsp3) is 0.500. The van der Waals surface area contributed by atoms with Crippen LogP contribution >= 0.6 is 0 Å². The third-order valence-corrected chi connectivity index (χ3v) is 3.27. The number of nitro benzene ring substituents is 1. The summed E-state index contributed by atoms with van der Waals surface area (Å²) in [5, 5.41) is 10.9. The molecule has 1 fully saturated rings. The van der Waals surface area contributed by atoms with E-state index in [0.717, 1.165) is 18.9 Å². The highest BCUT2D eigenvalue weighted by molar-refractivity contribution is 5.63. The second-order valence-corrected chi connectivity index (χ2v) is 4.32. The molecule has 1 aromatic carbocycles. The van der Waals surface area contributed by atoms with E-state index in [-0.39, 0.29) is 6.04 Å². The minimum Gasteiger partial charge on any atom is -0.381 e. The maximum atomic E-state index is 13.5. The fourth-order valence-electron chi connectivity index (χ4n) is 2.24. The predicted molar refractivity (Wildman–Crippen MR) is 65.3 cm³/mol. The van der Waals surface area contributed by atoms with E-state index >= 15 is 0 Å². The van der Waals surface area contributed by atoms with Crippen molar-refractivity contribution in [1.29, 1.82) is 0 Å². The SMILES string of the molecule is CN(c1cccc(F)c1[N+](=O)[O-])C1CCOCC1. The van der Waals surface area contributed by atoms with Gasteiger partial charge in [0.2, 0.25) is 5.82 Å². The number of anilines is 1. The molecule has 98 valence electrons. The van der Waals surface area contributed by atoms with Gasteiger partial charge in [0.15, 0.2) is 0 Å². The van der Waals surface area contributed by atoms with Crippen LogP contribution in [0.25, 0.3) is 0 Å². The number of ether oxygens (including phenoxy) is 1. The van der Waals surface area contributed by atoms with Gasteiger partial charge in [-0.1, -0.05) is 6.07 Å². The highest BCUT2D eigenvalue weighted by atomic mass is 19.1. The van der Waals surface area contributed by atoms with Crippen LogP contribution in [0.15, 0.2) is 18.2 Å². The molecule has 6 heteroatoms. The molecule has 0 bridgehead atoms. The van der Waals surface area contributed by atoms with Gasteiger partial charge in [0, 0.05) is 26.3 Å². The summed E-state index contributed by atoms with van der Waals surface area (Å²) in [6.07, 6.45) is 1.59. The molecule has 0 aromatic heterocycles. The second kappa shape index (κ2) is 5.30. The van der Waals surface area contributed by atoms with E-state index in [0.29, 0.717) is 18.9 Å². The minimum atomic E-state index is -0.795. The molecule has 1 aromatic rings. The zero-order valence-electron chi connectivity index (χ0n) is 10.1. The topological polar surface area (TPSA) is 55.6 Å². The monoisotopic (exact) mass is 254 g/mol. The van der Waals surface area contributed by atoms with Gasteiger partial charge in [0.05, 0.1) is 4.92 Å². The minimum absolute atomic E-state index is 0.152. The Labute approximate surface area is 104 Å². The van der Waals surface area contributed by atoms with Crippen molar-refractivity contribution in [2.24, 2.45) is 0 Å². The summed E-state index contributed by atoms with van der Waals surface area (Å²) in [6.45, 7) is 1.27. The van der Waals surface area contributed by atoms with Crippen molar-refractivity contribution >= 4 is 11.4 Å². The van der Waals surface area contributed by atoms with Gasteiger partial charge in [-0.15, -0.1) is 0 Å². The number of para-hydroxylation sites is 1. The highest BCUT2D eigenvalue weighted by Gasteiger charge is 2.27. The Hall–Kier alpha value is -1.69. The van der Waals surface area contributed by atoms with Crippen LogP contribution in [0.3, 0.4) is 0 Å². The molecule has 1 heterocycles. The average Bonchev–Trinajstić information content (AvgIpc) is 2.38. The Morgan fingerprint density at radius 2 is 2.11 bits per heavy atom. The third-order valence-electron chi connectivity index (χ3n) is 3.27. The average molecular weight is 254 g/mol. The standard InChI is InChI=1S/C12H15FN2O3/c1-14(9-5-7-18-8-6-9)11-4-2-3-10(13)12(11)15(16)17/h2-4,9H,5-8H2,1H3. The van der Waals surface area contributed by atoms with Gasteiger partial charge in [0.1, 0.15) is 5.69 Å². The summed E-state index contributed by atoms with van der Waals surface area (Å²) in [4.78, 5) is 12.1.